The number of aryl methyl sites for hydroxylation is 1. The third kappa shape index (κ3) is 3.60. The summed E-state index contributed by atoms with van der Waals surface area (Å²) in [6.07, 6.45) is 0. The molecule has 12 heteroatoms. The predicted molar refractivity (Wildman–Crippen MR) is 86.6 cm³/mol. The maximum atomic E-state index is 12.4. The Kier molecular flexibility index (Phi) is 5.61. The lowest BCUT2D eigenvalue weighted by Gasteiger charge is -2.09. The third-order valence-corrected chi connectivity index (χ3v) is 5.51. The highest BCUT2D eigenvalue weighted by atomic mass is 35.5. The van der Waals surface area contributed by atoms with Gasteiger partial charge in [-0.3, -0.25) is 0 Å². The van der Waals surface area contributed by atoms with Crippen LogP contribution >= 0.6 is 34.8 Å². The van der Waals surface area contributed by atoms with Crippen LogP contribution in [0.3, 0.4) is 0 Å². The van der Waals surface area contributed by atoms with Gasteiger partial charge >= 0.3 is 6.61 Å². The van der Waals surface area contributed by atoms with E-state index in [4.69, 9.17) is 34.8 Å². The van der Waals surface area contributed by atoms with E-state index in [9.17, 15) is 17.2 Å². The fourth-order valence-corrected chi connectivity index (χ4v) is 3.79. The Bertz CT molecular complexity index is 887. The van der Waals surface area contributed by atoms with Crippen LogP contribution < -0.4 is 9.46 Å². The smallest absolute Gasteiger partial charge is 0.388 e. The molecule has 0 aliphatic rings. The van der Waals surface area contributed by atoms with Crippen molar-refractivity contribution in [2.45, 2.75) is 11.5 Å². The number of sulfonamides is 1. The largest absolute Gasteiger partial charge is 0.416 e. The molecule has 0 saturated carbocycles. The van der Waals surface area contributed by atoms with Crippen molar-refractivity contribution in [1.29, 1.82) is 0 Å². The topological polar surface area (TPSA) is 73.2 Å². The lowest BCUT2D eigenvalue weighted by Crippen LogP contribution is -2.19. The van der Waals surface area contributed by atoms with E-state index in [2.05, 4.69) is 14.6 Å². The van der Waals surface area contributed by atoms with E-state index in [0.29, 0.717) is 0 Å². The number of rotatable bonds is 5. The molecule has 0 unspecified atom stereocenters. The molecule has 132 valence electrons. The molecule has 0 amide bonds. The molecule has 1 aromatic carbocycles. The number of alkyl halides is 2. The summed E-state index contributed by atoms with van der Waals surface area (Å²) in [7, 11) is -1.33. The Morgan fingerprint density at radius 3 is 2.42 bits per heavy atom. The maximum Gasteiger partial charge on any atom is 0.388 e. The first-order valence-corrected chi connectivity index (χ1v) is 8.80. The molecule has 0 spiro atoms. The Labute approximate surface area is 151 Å². The number of nitrogens with one attached hydrogen (secondary N) is 1. The first-order chi connectivity index (χ1) is 11.1. The zero-order valence-corrected chi connectivity index (χ0v) is 15.2. The second-order valence-corrected chi connectivity index (χ2v) is 7.49. The van der Waals surface area contributed by atoms with E-state index in [-0.39, 0.29) is 37.1 Å². The van der Waals surface area contributed by atoms with E-state index >= 15 is 0 Å². The number of hydrogen-bond donors (Lipinski definition) is 1. The van der Waals surface area contributed by atoms with Gasteiger partial charge in [-0.25, -0.2) is 17.8 Å². The second-order valence-electron chi connectivity index (χ2n) is 4.44. The first kappa shape index (κ1) is 19.2. The van der Waals surface area contributed by atoms with Gasteiger partial charge in [0.25, 0.3) is 0 Å². The highest BCUT2D eigenvalue weighted by Gasteiger charge is 2.25. The summed E-state index contributed by atoms with van der Waals surface area (Å²) >= 11 is 18.0. The SMILES string of the molecule is CNS(=O)(=O)c1cc(-c2nn(C)c(OC(F)F)c2Cl)c(Cl)cc1Cl. The van der Waals surface area contributed by atoms with Crippen LogP contribution in [-0.4, -0.2) is 31.9 Å². The van der Waals surface area contributed by atoms with Crippen LogP contribution in [-0.2, 0) is 17.1 Å². The van der Waals surface area contributed by atoms with Crippen LogP contribution in [0.1, 0.15) is 0 Å². The molecule has 1 aromatic heterocycles. The standard InChI is InChI=1S/C12H10Cl3F2N3O3S/c1-18-24(21,22)8-3-5(6(13)4-7(8)14)10-9(15)11(20(2)19-10)23-12(16)17/h3-4,12,18H,1-2H3. The van der Waals surface area contributed by atoms with E-state index in [1.165, 1.54) is 20.2 Å². The van der Waals surface area contributed by atoms with Crippen LogP contribution in [0.25, 0.3) is 11.3 Å². The van der Waals surface area contributed by atoms with Crippen molar-refractivity contribution in [2.24, 2.45) is 7.05 Å². The van der Waals surface area contributed by atoms with Gasteiger partial charge in [-0.2, -0.15) is 13.9 Å². The molecule has 0 fully saturated rings. The van der Waals surface area contributed by atoms with E-state index in [0.717, 1.165) is 10.7 Å². The van der Waals surface area contributed by atoms with Crippen molar-refractivity contribution in [1.82, 2.24) is 14.5 Å². The molecule has 24 heavy (non-hydrogen) atoms. The van der Waals surface area contributed by atoms with Crippen LogP contribution in [0.4, 0.5) is 8.78 Å². The summed E-state index contributed by atoms with van der Waals surface area (Å²) < 4.78 is 56.3. The fourth-order valence-electron chi connectivity index (χ4n) is 1.89. The molecule has 1 heterocycles. The molecule has 0 aliphatic heterocycles. The summed E-state index contributed by atoms with van der Waals surface area (Å²) in [4.78, 5) is -0.260. The predicted octanol–water partition coefficient (Wildman–Crippen LogP) is 3.56. The van der Waals surface area contributed by atoms with Crippen molar-refractivity contribution >= 4 is 44.8 Å². The van der Waals surface area contributed by atoms with Crippen molar-refractivity contribution in [3.8, 4) is 17.1 Å². The summed E-state index contributed by atoms with van der Waals surface area (Å²) in [5.41, 5.74) is 0.0728. The Morgan fingerprint density at radius 2 is 1.88 bits per heavy atom. The Hall–Kier alpha value is -1.13. The molecule has 0 radical (unpaired) electrons. The van der Waals surface area contributed by atoms with Gasteiger partial charge in [-0.1, -0.05) is 34.8 Å². The monoisotopic (exact) mass is 419 g/mol. The minimum Gasteiger partial charge on any atom is -0.416 e. The van der Waals surface area contributed by atoms with Gasteiger partial charge in [-0.15, -0.1) is 0 Å². The van der Waals surface area contributed by atoms with Crippen LogP contribution in [0.2, 0.25) is 15.1 Å². The van der Waals surface area contributed by atoms with Gasteiger partial charge in [0.1, 0.15) is 15.6 Å². The van der Waals surface area contributed by atoms with Crippen molar-refractivity contribution < 1.29 is 21.9 Å². The van der Waals surface area contributed by atoms with E-state index in [1.54, 1.807) is 0 Å². The zero-order chi connectivity index (χ0) is 18.2. The average molecular weight is 421 g/mol. The minimum absolute atomic E-state index is 0.0240. The number of aromatic nitrogens is 2. The molecule has 2 aromatic rings. The van der Waals surface area contributed by atoms with Crippen molar-refractivity contribution in [3.63, 3.8) is 0 Å². The zero-order valence-electron chi connectivity index (χ0n) is 12.1. The van der Waals surface area contributed by atoms with Crippen LogP contribution in [0, 0.1) is 0 Å². The third-order valence-electron chi connectivity index (χ3n) is 2.98. The Morgan fingerprint density at radius 1 is 1.25 bits per heavy atom. The summed E-state index contributed by atoms with van der Waals surface area (Å²) in [6.45, 7) is -3.10. The van der Waals surface area contributed by atoms with Gasteiger partial charge in [0.05, 0.1) is 10.0 Å². The number of nitrogens with zero attached hydrogens (tertiary/aromatic N) is 2. The highest BCUT2D eigenvalue weighted by Crippen LogP contribution is 2.41. The molecule has 6 nitrogen and oxygen atoms in total. The highest BCUT2D eigenvalue weighted by molar-refractivity contribution is 7.89. The number of ether oxygens (including phenoxy) is 1. The van der Waals surface area contributed by atoms with Gasteiger partial charge in [-0.05, 0) is 19.2 Å². The maximum absolute atomic E-state index is 12.4. The minimum atomic E-state index is -3.88. The van der Waals surface area contributed by atoms with Gasteiger partial charge in [0, 0.05) is 12.6 Å². The molecule has 0 saturated heterocycles. The van der Waals surface area contributed by atoms with Gasteiger partial charge in [0.15, 0.2) is 0 Å². The molecule has 0 bridgehead atoms. The van der Waals surface area contributed by atoms with Crippen LogP contribution in [0.5, 0.6) is 5.88 Å². The summed E-state index contributed by atoms with van der Waals surface area (Å²) in [5.74, 6) is -0.384. The molecule has 2 rings (SSSR count). The lowest BCUT2D eigenvalue weighted by molar-refractivity contribution is -0.0552. The van der Waals surface area contributed by atoms with E-state index in [1.807, 2.05) is 0 Å². The number of hydrogen-bond acceptors (Lipinski definition) is 4. The van der Waals surface area contributed by atoms with Gasteiger partial charge in [0.2, 0.25) is 15.9 Å². The summed E-state index contributed by atoms with van der Waals surface area (Å²) in [5, 5.41) is 3.64. The average Bonchev–Trinajstić information content (AvgIpc) is 2.74. The van der Waals surface area contributed by atoms with Crippen molar-refractivity contribution in [2.75, 3.05) is 7.05 Å². The molecular formula is C12H10Cl3F2N3O3S. The summed E-state index contributed by atoms with van der Waals surface area (Å²) in [6, 6.07) is 2.35. The molecular weight excluding hydrogens is 411 g/mol. The lowest BCUT2D eigenvalue weighted by atomic mass is 10.1. The van der Waals surface area contributed by atoms with Gasteiger partial charge < -0.3 is 4.74 Å². The first-order valence-electron chi connectivity index (χ1n) is 6.18. The van der Waals surface area contributed by atoms with Crippen molar-refractivity contribution in [3.05, 3.63) is 27.2 Å². The normalized spacial score (nSPS) is 12.0. The number of halogens is 5. The molecule has 0 atom stereocenters. The van der Waals surface area contributed by atoms with Crippen LogP contribution in [0.15, 0.2) is 17.0 Å². The quantitative estimate of drug-likeness (QED) is 0.803. The molecule has 1 N–H and O–H groups in total. The number of benzene rings is 1. The van der Waals surface area contributed by atoms with E-state index < -0.39 is 16.6 Å². The molecule has 0 aliphatic carbocycles. The Balaban J connectivity index is 2.68. The second kappa shape index (κ2) is 7.01. The fraction of sp³-hybridized carbons (Fsp3) is 0.250.